The van der Waals surface area contributed by atoms with Crippen LogP contribution in [-0.4, -0.2) is 44.3 Å². The van der Waals surface area contributed by atoms with Gasteiger partial charge < -0.3 is 18.6 Å². The third-order valence-corrected chi connectivity index (χ3v) is 3.66. The minimum Gasteiger partial charge on any atom is -0.465 e. The monoisotopic (exact) mass is 401 g/mol. The number of carbonyl (C=O) groups excluding carboxylic acids is 3. The molecule has 154 valence electrons. The van der Waals surface area contributed by atoms with Crippen LogP contribution >= 0.6 is 0 Å². The quantitative estimate of drug-likeness (QED) is 0.495. The number of hydrogen-bond donors (Lipinski definition) is 0. The van der Waals surface area contributed by atoms with Crippen LogP contribution in [0.4, 0.5) is 0 Å². The minimum absolute atomic E-state index is 0.0574. The highest BCUT2D eigenvalue weighted by atomic mass is 16.5. The van der Waals surface area contributed by atoms with Crippen molar-refractivity contribution >= 4 is 17.9 Å². The van der Waals surface area contributed by atoms with E-state index in [1.807, 2.05) is 6.07 Å². The van der Waals surface area contributed by atoms with Crippen LogP contribution in [0.1, 0.15) is 41.5 Å². The normalized spacial score (nSPS) is 11.1. The lowest BCUT2D eigenvalue weighted by molar-refractivity contribution is -0.141. The summed E-state index contributed by atoms with van der Waals surface area (Å²) in [5.74, 6) is -1.85. The molecule has 0 aliphatic carbocycles. The molecule has 2 aromatic rings. The summed E-state index contributed by atoms with van der Waals surface area (Å²) in [5, 5.41) is 0. The van der Waals surface area contributed by atoms with Crippen molar-refractivity contribution in [2.45, 2.75) is 20.8 Å². The molecule has 0 fully saturated rings. The number of esters is 3. The summed E-state index contributed by atoms with van der Waals surface area (Å²) in [6, 6.07) is 10.4. The molecule has 8 nitrogen and oxygen atoms in total. The van der Waals surface area contributed by atoms with Crippen LogP contribution in [0.15, 0.2) is 45.8 Å². The van der Waals surface area contributed by atoms with Crippen LogP contribution in [0.5, 0.6) is 0 Å². The summed E-state index contributed by atoms with van der Waals surface area (Å²) in [6.07, 6.45) is 0. The average molecular weight is 401 g/mol. The molecule has 1 aromatic heterocycles. The first-order valence-electron chi connectivity index (χ1n) is 9.25. The second-order valence-corrected chi connectivity index (χ2v) is 5.63. The van der Waals surface area contributed by atoms with Gasteiger partial charge in [-0.1, -0.05) is 30.3 Å². The maximum atomic E-state index is 12.5. The molecule has 2 rings (SSSR count). The van der Waals surface area contributed by atoms with E-state index >= 15 is 0 Å². The van der Waals surface area contributed by atoms with Crippen molar-refractivity contribution in [3.8, 4) is 11.3 Å². The number of hydrogen-bond acceptors (Lipinski definition) is 8. The lowest BCUT2D eigenvalue weighted by atomic mass is 10.1. The number of rotatable bonds is 8. The number of ether oxygens (including phenoxy) is 3. The van der Waals surface area contributed by atoms with Crippen molar-refractivity contribution < 1.29 is 33.0 Å². The Labute approximate surface area is 168 Å². The molecular weight excluding hydrogens is 378 g/mol. The zero-order valence-corrected chi connectivity index (χ0v) is 16.6. The van der Waals surface area contributed by atoms with Gasteiger partial charge in [0.15, 0.2) is 0 Å². The van der Waals surface area contributed by atoms with Crippen LogP contribution < -0.4 is 5.55 Å². The summed E-state index contributed by atoms with van der Waals surface area (Å²) in [4.78, 5) is 40.9. The Balaban J connectivity index is 2.72. The van der Waals surface area contributed by atoms with Crippen molar-refractivity contribution in [1.29, 1.82) is 0 Å². The fourth-order valence-electron chi connectivity index (χ4n) is 2.47. The molecule has 0 saturated heterocycles. The van der Waals surface area contributed by atoms with Crippen LogP contribution in [0.25, 0.3) is 11.3 Å². The highest BCUT2D eigenvalue weighted by Gasteiger charge is 2.25. The van der Waals surface area contributed by atoms with Crippen molar-refractivity contribution in [3.63, 3.8) is 0 Å². The van der Waals surface area contributed by atoms with E-state index in [0.29, 0.717) is 5.56 Å². The highest BCUT2D eigenvalue weighted by molar-refractivity contribution is 6.03. The fraction of sp³-hybridized carbons (Fsp3) is 0.333. The topological polar surface area (TPSA) is 104 Å². The second-order valence-electron chi connectivity index (χ2n) is 5.63. The van der Waals surface area contributed by atoms with E-state index in [9.17, 15) is 14.4 Å². The van der Waals surface area contributed by atoms with Crippen molar-refractivity contribution in [2.24, 2.45) is 4.99 Å². The number of nitrogens with zero attached hydrogens (tertiary/aromatic N) is 1. The molecule has 0 atom stereocenters. The van der Waals surface area contributed by atoms with E-state index < -0.39 is 17.9 Å². The smallest absolute Gasteiger partial charge is 0.344 e. The van der Waals surface area contributed by atoms with Crippen LogP contribution in [0.2, 0.25) is 0 Å². The Hall–Kier alpha value is -3.42. The largest absolute Gasteiger partial charge is 0.465 e. The first-order chi connectivity index (χ1) is 14.0. The minimum atomic E-state index is -0.804. The number of carbonyl (C=O) groups is 3. The van der Waals surface area contributed by atoms with Gasteiger partial charge in [0.2, 0.25) is 5.55 Å². The lowest BCUT2D eigenvalue weighted by Crippen LogP contribution is -2.25. The van der Waals surface area contributed by atoms with Gasteiger partial charge >= 0.3 is 17.9 Å². The van der Waals surface area contributed by atoms with Gasteiger partial charge in [0.1, 0.15) is 17.9 Å². The maximum absolute atomic E-state index is 12.5. The van der Waals surface area contributed by atoms with Crippen LogP contribution in [-0.2, 0) is 19.0 Å². The molecule has 8 heteroatoms. The molecule has 1 aromatic carbocycles. The van der Waals surface area contributed by atoms with Crippen molar-refractivity contribution in [3.05, 3.63) is 53.1 Å². The standard InChI is InChI=1S/C21H23NO7/c1-4-26-17(23)13-22-19-18(21(25)28-6-3)15(20(24)27-5-2)12-16(29-19)14-10-8-7-9-11-14/h7-12H,4-6,13H2,1-3H3. The summed E-state index contributed by atoms with van der Waals surface area (Å²) in [5.41, 5.74) is 0.189. The molecule has 0 radical (unpaired) electrons. The van der Waals surface area contributed by atoms with Crippen LogP contribution in [0, 0.1) is 0 Å². The Morgan fingerprint density at radius 3 is 2.14 bits per heavy atom. The Kier molecular flexibility index (Phi) is 8.14. The third kappa shape index (κ3) is 5.78. The molecular formula is C21H23NO7. The van der Waals surface area contributed by atoms with Gasteiger partial charge in [-0.05, 0) is 26.8 Å². The zero-order valence-electron chi connectivity index (χ0n) is 16.6. The Morgan fingerprint density at radius 1 is 0.897 bits per heavy atom. The molecule has 0 aliphatic heterocycles. The number of benzene rings is 1. The van der Waals surface area contributed by atoms with Gasteiger partial charge in [-0.25, -0.2) is 14.6 Å². The fourth-order valence-corrected chi connectivity index (χ4v) is 2.47. The summed E-state index contributed by atoms with van der Waals surface area (Å²) in [6.45, 7) is 4.95. The molecule has 0 N–H and O–H groups in total. The SMILES string of the molecule is CCOC(=O)CN=c1oc(-c2ccccc2)cc(C(=O)OCC)c1C(=O)OCC. The van der Waals surface area contributed by atoms with Gasteiger partial charge in [0, 0.05) is 5.56 Å². The molecule has 0 bridgehead atoms. The van der Waals surface area contributed by atoms with Gasteiger partial charge in [0.25, 0.3) is 0 Å². The Morgan fingerprint density at radius 2 is 1.52 bits per heavy atom. The highest BCUT2D eigenvalue weighted by Crippen LogP contribution is 2.21. The van der Waals surface area contributed by atoms with Gasteiger partial charge in [-0.2, -0.15) is 0 Å². The van der Waals surface area contributed by atoms with Gasteiger partial charge in [-0.3, -0.25) is 4.79 Å². The Bertz CT molecular complexity index is 932. The summed E-state index contributed by atoms with van der Waals surface area (Å²) >= 11 is 0. The van der Waals surface area contributed by atoms with E-state index in [2.05, 4.69) is 4.99 Å². The van der Waals surface area contributed by atoms with E-state index in [1.165, 1.54) is 6.07 Å². The van der Waals surface area contributed by atoms with E-state index in [1.54, 1.807) is 45.0 Å². The molecule has 29 heavy (non-hydrogen) atoms. The second kappa shape index (κ2) is 10.8. The van der Waals surface area contributed by atoms with E-state index in [4.69, 9.17) is 18.6 Å². The first-order valence-corrected chi connectivity index (χ1v) is 9.25. The predicted octanol–water partition coefficient (Wildman–Crippen LogP) is 2.76. The van der Waals surface area contributed by atoms with Crippen molar-refractivity contribution in [2.75, 3.05) is 26.4 Å². The average Bonchev–Trinajstić information content (AvgIpc) is 2.72. The van der Waals surface area contributed by atoms with Crippen LogP contribution in [0.3, 0.4) is 0 Å². The first kappa shape index (κ1) is 21.9. The van der Waals surface area contributed by atoms with E-state index in [-0.39, 0.29) is 48.8 Å². The molecule has 1 heterocycles. The van der Waals surface area contributed by atoms with Gasteiger partial charge in [0.05, 0.1) is 25.4 Å². The summed E-state index contributed by atoms with van der Waals surface area (Å²) in [7, 11) is 0. The van der Waals surface area contributed by atoms with E-state index in [0.717, 1.165) is 0 Å². The lowest BCUT2D eigenvalue weighted by Gasteiger charge is -2.11. The molecule has 0 spiro atoms. The molecule has 0 saturated carbocycles. The molecule has 0 unspecified atom stereocenters. The molecule has 0 amide bonds. The van der Waals surface area contributed by atoms with Gasteiger partial charge in [-0.15, -0.1) is 0 Å². The zero-order chi connectivity index (χ0) is 21.2. The summed E-state index contributed by atoms with van der Waals surface area (Å²) < 4.78 is 20.8. The maximum Gasteiger partial charge on any atom is 0.344 e. The predicted molar refractivity (Wildman–Crippen MR) is 103 cm³/mol. The van der Waals surface area contributed by atoms with Crippen molar-refractivity contribution in [1.82, 2.24) is 0 Å². The molecule has 0 aliphatic rings. The third-order valence-electron chi connectivity index (χ3n) is 3.66.